The minimum Gasteiger partial charge on any atom is -0.456 e. The van der Waals surface area contributed by atoms with Crippen LogP contribution in [0.4, 0.5) is 17.1 Å². The van der Waals surface area contributed by atoms with Crippen molar-refractivity contribution >= 4 is 47.8 Å². The first-order valence-corrected chi connectivity index (χ1v) is 16.3. The fraction of sp³-hybridized carbons (Fsp3) is 0.139. The average molecular weight is 608 g/mol. The molecule has 1 aliphatic heterocycles. The van der Waals surface area contributed by atoms with Gasteiger partial charge in [0.25, 0.3) is 9.05 Å². The molecule has 0 spiro atoms. The van der Waals surface area contributed by atoms with Gasteiger partial charge in [0.2, 0.25) is 11.0 Å². The minimum absolute atomic E-state index is 0.0555. The predicted molar refractivity (Wildman–Crippen MR) is 177 cm³/mol. The van der Waals surface area contributed by atoms with Gasteiger partial charge < -0.3 is 9.73 Å². The van der Waals surface area contributed by atoms with Crippen LogP contribution in [0.1, 0.15) is 22.3 Å². The molecule has 0 radical (unpaired) electrons. The number of benzene rings is 5. The topological polar surface area (TPSA) is 62.3 Å². The van der Waals surface area contributed by atoms with Crippen LogP contribution in [-0.2, 0) is 9.05 Å². The lowest BCUT2D eigenvalue weighted by atomic mass is 9.93. The summed E-state index contributed by atoms with van der Waals surface area (Å²) in [4.78, 5) is 0.0555. The number of nitrogens with one attached hydrogen (secondary N) is 1. The summed E-state index contributed by atoms with van der Waals surface area (Å²) in [5.41, 5.74) is 10.3. The smallest absolute Gasteiger partial charge is 0.261 e. The van der Waals surface area contributed by atoms with Crippen LogP contribution >= 0.6 is 10.7 Å². The monoisotopic (exact) mass is 607 g/mol. The van der Waals surface area contributed by atoms with Crippen molar-refractivity contribution in [3.05, 3.63) is 125 Å². The van der Waals surface area contributed by atoms with Crippen LogP contribution < -0.4 is 15.2 Å². The van der Waals surface area contributed by atoms with E-state index in [1.165, 1.54) is 11.1 Å². The number of rotatable bonds is 5. The van der Waals surface area contributed by atoms with Gasteiger partial charge in [-0.05, 0) is 63.1 Å². The summed E-state index contributed by atoms with van der Waals surface area (Å²) in [5, 5.41) is 5.28. The molecule has 0 unspecified atom stereocenters. The van der Waals surface area contributed by atoms with Crippen molar-refractivity contribution < 1.29 is 12.8 Å². The van der Waals surface area contributed by atoms with Crippen LogP contribution in [0.15, 0.2) is 106 Å². The lowest BCUT2D eigenvalue weighted by Gasteiger charge is -2.18. The van der Waals surface area contributed by atoms with Gasteiger partial charge in [-0.25, -0.2) is 8.42 Å². The quantitative estimate of drug-likeness (QED) is 0.121. The molecule has 0 atom stereocenters. The fourth-order valence-corrected chi connectivity index (χ4v) is 7.04. The molecule has 0 fully saturated rings. The Kier molecular flexibility index (Phi) is 7.36. The maximum absolute atomic E-state index is 12.7. The van der Waals surface area contributed by atoms with E-state index < -0.39 is 9.05 Å². The molecule has 216 valence electrons. The van der Waals surface area contributed by atoms with Gasteiger partial charge in [-0.3, -0.25) is 0 Å². The molecule has 1 heterocycles. The molecule has 0 amide bonds. The summed E-state index contributed by atoms with van der Waals surface area (Å²) < 4.78 is 34.2. The summed E-state index contributed by atoms with van der Waals surface area (Å²) in [6, 6.07) is 31.2. The zero-order chi connectivity index (χ0) is 30.5. The van der Waals surface area contributed by atoms with Crippen LogP contribution in [0, 0.1) is 27.7 Å². The molecule has 4 aromatic rings. The molecule has 0 aromatic heterocycles. The third-order valence-corrected chi connectivity index (χ3v) is 9.42. The number of fused-ring (bicyclic) bond motifs is 2. The lowest BCUT2D eigenvalue weighted by molar-refractivity contribution is 0.609. The van der Waals surface area contributed by atoms with Gasteiger partial charge in [0, 0.05) is 67.4 Å². The number of hydrogen-bond donors (Lipinski definition) is 1. The van der Waals surface area contributed by atoms with Gasteiger partial charge in [0.15, 0.2) is 0 Å². The Balaban J connectivity index is 1.66. The van der Waals surface area contributed by atoms with E-state index >= 15 is 0 Å². The molecule has 0 saturated heterocycles. The number of hydrogen-bond acceptors (Lipinski definition) is 4. The van der Waals surface area contributed by atoms with E-state index in [4.69, 9.17) is 15.1 Å². The van der Waals surface area contributed by atoms with Gasteiger partial charge >= 0.3 is 0 Å². The zero-order valence-electron chi connectivity index (χ0n) is 24.7. The van der Waals surface area contributed by atoms with Crippen molar-refractivity contribution in [1.29, 1.82) is 0 Å². The molecule has 2 aliphatic rings. The molecule has 4 aromatic carbocycles. The second kappa shape index (κ2) is 11.0. The maximum atomic E-state index is 12.7. The predicted octanol–water partition coefficient (Wildman–Crippen LogP) is 8.84. The van der Waals surface area contributed by atoms with Crippen LogP contribution in [0.3, 0.4) is 0 Å². The second-order valence-corrected chi connectivity index (χ2v) is 13.5. The molecular formula is C36H32ClN2O3S+. The highest BCUT2D eigenvalue weighted by atomic mass is 35.7. The number of anilines is 2. The highest BCUT2D eigenvalue weighted by Gasteiger charge is 2.24. The molecule has 7 heteroatoms. The van der Waals surface area contributed by atoms with Crippen LogP contribution in [-0.4, -0.2) is 15.5 Å². The molecule has 0 saturated carbocycles. The van der Waals surface area contributed by atoms with Crippen molar-refractivity contribution in [2.24, 2.45) is 0 Å². The molecule has 1 N–H and O–H groups in total. The Morgan fingerprint density at radius 2 is 1.37 bits per heavy atom. The van der Waals surface area contributed by atoms with Crippen molar-refractivity contribution in [3.8, 4) is 22.5 Å². The summed E-state index contributed by atoms with van der Waals surface area (Å²) in [6.45, 7) is 8.35. The van der Waals surface area contributed by atoms with E-state index in [1.54, 1.807) is 18.2 Å². The summed E-state index contributed by atoms with van der Waals surface area (Å²) >= 11 is 0. The Morgan fingerprint density at radius 1 is 0.721 bits per heavy atom. The first-order chi connectivity index (χ1) is 20.5. The Bertz CT molecular complexity index is 2160. The molecule has 0 bridgehead atoms. The third kappa shape index (κ3) is 5.33. The van der Waals surface area contributed by atoms with E-state index in [-0.39, 0.29) is 4.90 Å². The first-order valence-electron chi connectivity index (χ1n) is 14.0. The fourth-order valence-electron chi connectivity index (χ4n) is 5.96. The third-order valence-electron chi connectivity index (χ3n) is 8.04. The second-order valence-electron chi connectivity index (χ2n) is 11.0. The van der Waals surface area contributed by atoms with Crippen LogP contribution in [0.2, 0.25) is 0 Å². The van der Waals surface area contributed by atoms with E-state index in [0.29, 0.717) is 16.9 Å². The van der Waals surface area contributed by atoms with Crippen molar-refractivity contribution in [1.82, 2.24) is 4.58 Å². The minimum atomic E-state index is -4.02. The average Bonchev–Trinajstić information content (AvgIpc) is 2.97. The van der Waals surface area contributed by atoms with E-state index in [0.717, 1.165) is 50.1 Å². The van der Waals surface area contributed by atoms with Crippen molar-refractivity contribution in [3.63, 3.8) is 0 Å². The van der Waals surface area contributed by atoms with Crippen molar-refractivity contribution in [2.75, 3.05) is 12.4 Å². The number of nitrogens with zero attached hydrogens (tertiary/aromatic N) is 1. The standard InChI is InChI=1S/C36H31ClN2O3S/c1-22-10-8-11-23(2)35(22)38-26-16-18-28-31(20-26)42-32-21-27(39(5)36-24(3)12-9-13-25(36)4)17-19-29(32)34(28)30-14-6-7-15-33(30)43(37,40)41/h6-21H,1-5H3/p+1. The molecule has 1 aliphatic carbocycles. The zero-order valence-corrected chi connectivity index (χ0v) is 26.3. The molecule has 5 nitrogen and oxygen atoms in total. The SMILES string of the molecule is Cc1cccc(C)c1Nc1ccc2c(-c3ccccc3S(=O)(=O)Cl)c3ccc(=[N+](C)c4c(C)cccc4C)cc-3oc2c1. The first kappa shape index (κ1) is 28.7. The van der Waals surface area contributed by atoms with Crippen LogP contribution in [0.25, 0.3) is 33.4 Å². The Morgan fingerprint density at radius 3 is 2.05 bits per heavy atom. The van der Waals surface area contributed by atoms with Crippen LogP contribution in [0.5, 0.6) is 0 Å². The van der Waals surface area contributed by atoms with E-state index in [2.05, 4.69) is 67.9 Å². The molecular weight excluding hydrogens is 576 g/mol. The van der Waals surface area contributed by atoms with Gasteiger partial charge in [-0.15, -0.1) is 0 Å². The number of halogens is 1. The van der Waals surface area contributed by atoms with Gasteiger partial charge in [0.05, 0.1) is 11.0 Å². The van der Waals surface area contributed by atoms with E-state index in [9.17, 15) is 8.42 Å². The largest absolute Gasteiger partial charge is 0.456 e. The highest BCUT2D eigenvalue weighted by molar-refractivity contribution is 8.13. The number of aryl methyl sites for hydroxylation is 4. The summed E-state index contributed by atoms with van der Waals surface area (Å²) in [7, 11) is 3.98. The van der Waals surface area contributed by atoms with Gasteiger partial charge in [-0.1, -0.05) is 54.6 Å². The molecule has 43 heavy (non-hydrogen) atoms. The Labute approximate surface area is 256 Å². The normalized spacial score (nSPS) is 12.5. The van der Waals surface area contributed by atoms with Crippen molar-refractivity contribution in [2.45, 2.75) is 32.6 Å². The van der Waals surface area contributed by atoms with Gasteiger partial charge in [-0.2, -0.15) is 4.58 Å². The highest BCUT2D eigenvalue weighted by Crippen LogP contribution is 2.43. The molecule has 6 rings (SSSR count). The summed E-state index contributed by atoms with van der Waals surface area (Å²) in [5.74, 6) is 0.629. The lowest BCUT2D eigenvalue weighted by Crippen LogP contribution is -2.22. The number of para-hydroxylation sites is 2. The Hall–Kier alpha value is -4.39. The van der Waals surface area contributed by atoms with E-state index in [1.807, 2.05) is 55.6 Å². The van der Waals surface area contributed by atoms with Gasteiger partial charge in [0.1, 0.15) is 18.4 Å². The maximum Gasteiger partial charge on any atom is 0.261 e. The summed E-state index contributed by atoms with van der Waals surface area (Å²) in [6.07, 6.45) is 0.